The lowest BCUT2D eigenvalue weighted by Gasteiger charge is -2.08. The van der Waals surface area contributed by atoms with E-state index in [4.69, 9.17) is 23.2 Å². The maximum absolute atomic E-state index is 5.85. The second kappa shape index (κ2) is 4.85. The molecule has 0 saturated heterocycles. The second-order valence-corrected chi connectivity index (χ2v) is 4.19. The lowest BCUT2D eigenvalue weighted by Crippen LogP contribution is -2.21. The molecular formula is C10H13Cl2N. The van der Waals surface area contributed by atoms with E-state index < -0.39 is 0 Å². The molecule has 3 heteroatoms. The molecule has 0 saturated carbocycles. The molecule has 1 aromatic rings. The van der Waals surface area contributed by atoms with Gasteiger partial charge in [-0.25, -0.2) is 0 Å². The van der Waals surface area contributed by atoms with E-state index in [2.05, 4.69) is 19.2 Å². The average molecular weight is 218 g/mol. The highest BCUT2D eigenvalue weighted by Gasteiger charge is 1.98. The molecule has 0 fully saturated rings. The molecule has 0 aliphatic rings. The number of benzene rings is 1. The zero-order chi connectivity index (χ0) is 9.84. The Morgan fingerprint density at radius 1 is 1.15 bits per heavy atom. The van der Waals surface area contributed by atoms with Gasteiger partial charge in [0.25, 0.3) is 0 Å². The van der Waals surface area contributed by atoms with Gasteiger partial charge in [-0.3, -0.25) is 0 Å². The van der Waals surface area contributed by atoms with Gasteiger partial charge in [-0.15, -0.1) is 0 Å². The smallest absolute Gasteiger partial charge is 0.0424 e. The Hall–Kier alpha value is -0.240. The van der Waals surface area contributed by atoms with Crippen molar-refractivity contribution in [3.05, 3.63) is 33.8 Å². The number of hydrogen-bond acceptors (Lipinski definition) is 1. The second-order valence-electron chi connectivity index (χ2n) is 3.31. The Morgan fingerprint density at radius 3 is 2.15 bits per heavy atom. The minimum absolute atomic E-state index is 0.470. The Labute approximate surface area is 89.0 Å². The molecule has 0 radical (unpaired) electrons. The van der Waals surface area contributed by atoms with E-state index in [1.165, 1.54) is 0 Å². The summed E-state index contributed by atoms with van der Waals surface area (Å²) in [6, 6.07) is 6.05. The maximum atomic E-state index is 5.85. The Balaban J connectivity index is 2.66. The van der Waals surface area contributed by atoms with Crippen LogP contribution >= 0.6 is 23.2 Å². The lowest BCUT2D eigenvalue weighted by molar-refractivity contribution is 0.589. The van der Waals surface area contributed by atoms with Gasteiger partial charge in [0, 0.05) is 22.6 Å². The summed E-state index contributed by atoms with van der Waals surface area (Å²) in [6.45, 7) is 5.01. The van der Waals surface area contributed by atoms with E-state index in [9.17, 15) is 0 Å². The third-order valence-corrected chi connectivity index (χ3v) is 2.07. The first-order chi connectivity index (χ1) is 6.08. The molecule has 0 spiro atoms. The van der Waals surface area contributed by atoms with E-state index >= 15 is 0 Å². The summed E-state index contributed by atoms with van der Waals surface area (Å²) >= 11 is 11.7. The highest BCUT2D eigenvalue weighted by molar-refractivity contribution is 6.34. The van der Waals surface area contributed by atoms with Gasteiger partial charge in [0.15, 0.2) is 0 Å². The van der Waals surface area contributed by atoms with Crippen LogP contribution in [0.2, 0.25) is 10.0 Å². The van der Waals surface area contributed by atoms with Crippen molar-refractivity contribution in [2.45, 2.75) is 26.4 Å². The van der Waals surface area contributed by atoms with Crippen LogP contribution in [0, 0.1) is 0 Å². The van der Waals surface area contributed by atoms with E-state index in [0.717, 1.165) is 12.1 Å². The SMILES string of the molecule is CC(C)NCc1cc(Cl)cc(Cl)c1. The van der Waals surface area contributed by atoms with Gasteiger partial charge < -0.3 is 5.32 Å². The molecule has 0 aromatic heterocycles. The molecule has 0 aliphatic heterocycles. The molecule has 0 heterocycles. The Kier molecular flexibility index (Phi) is 4.04. The summed E-state index contributed by atoms with van der Waals surface area (Å²) in [5.41, 5.74) is 1.12. The van der Waals surface area contributed by atoms with Crippen molar-refractivity contribution >= 4 is 23.2 Å². The number of halogens is 2. The predicted octanol–water partition coefficient (Wildman–Crippen LogP) is 3.49. The predicted molar refractivity (Wildman–Crippen MR) is 58.4 cm³/mol. The molecule has 1 N–H and O–H groups in total. The summed E-state index contributed by atoms with van der Waals surface area (Å²) in [5.74, 6) is 0. The zero-order valence-electron chi connectivity index (χ0n) is 7.77. The minimum atomic E-state index is 0.470. The van der Waals surface area contributed by atoms with Crippen LogP contribution in [0.1, 0.15) is 19.4 Å². The van der Waals surface area contributed by atoms with Crippen molar-refractivity contribution in [1.29, 1.82) is 0 Å². The molecule has 1 rings (SSSR count). The molecule has 0 atom stereocenters. The van der Waals surface area contributed by atoms with Crippen LogP contribution in [-0.4, -0.2) is 6.04 Å². The Morgan fingerprint density at radius 2 is 1.69 bits per heavy atom. The van der Waals surface area contributed by atoms with Crippen LogP contribution < -0.4 is 5.32 Å². The molecule has 0 unspecified atom stereocenters. The molecular weight excluding hydrogens is 205 g/mol. The van der Waals surface area contributed by atoms with Gasteiger partial charge in [-0.05, 0) is 23.8 Å². The number of nitrogens with one attached hydrogen (secondary N) is 1. The summed E-state index contributed by atoms with van der Waals surface area (Å²) in [5, 5.41) is 4.67. The van der Waals surface area contributed by atoms with E-state index in [0.29, 0.717) is 16.1 Å². The molecule has 1 aromatic carbocycles. The van der Waals surface area contributed by atoms with Crippen LogP contribution in [0.5, 0.6) is 0 Å². The first-order valence-corrected chi connectivity index (χ1v) is 5.02. The average Bonchev–Trinajstić information content (AvgIpc) is 1.99. The van der Waals surface area contributed by atoms with E-state index in [-0.39, 0.29) is 0 Å². The Bertz CT molecular complexity index is 264. The molecule has 0 aliphatic carbocycles. The zero-order valence-corrected chi connectivity index (χ0v) is 9.28. The summed E-state index contributed by atoms with van der Waals surface area (Å²) in [6.07, 6.45) is 0. The largest absolute Gasteiger partial charge is 0.310 e. The van der Waals surface area contributed by atoms with Gasteiger partial charge in [0.1, 0.15) is 0 Å². The van der Waals surface area contributed by atoms with Crippen LogP contribution in [0.15, 0.2) is 18.2 Å². The third kappa shape index (κ3) is 3.99. The van der Waals surface area contributed by atoms with E-state index in [1.807, 2.05) is 12.1 Å². The highest BCUT2D eigenvalue weighted by atomic mass is 35.5. The normalized spacial score (nSPS) is 10.8. The van der Waals surface area contributed by atoms with Crippen molar-refractivity contribution in [2.75, 3.05) is 0 Å². The first-order valence-electron chi connectivity index (χ1n) is 4.26. The van der Waals surface area contributed by atoms with Crippen LogP contribution in [0.4, 0.5) is 0 Å². The van der Waals surface area contributed by atoms with Crippen molar-refractivity contribution in [3.63, 3.8) is 0 Å². The van der Waals surface area contributed by atoms with Crippen LogP contribution in [0.25, 0.3) is 0 Å². The van der Waals surface area contributed by atoms with Crippen molar-refractivity contribution in [3.8, 4) is 0 Å². The minimum Gasteiger partial charge on any atom is -0.310 e. The summed E-state index contributed by atoms with van der Waals surface area (Å²) in [7, 11) is 0. The van der Waals surface area contributed by atoms with Crippen molar-refractivity contribution < 1.29 is 0 Å². The fourth-order valence-corrected chi connectivity index (χ4v) is 1.61. The van der Waals surface area contributed by atoms with Crippen LogP contribution in [-0.2, 0) is 6.54 Å². The summed E-state index contributed by atoms with van der Waals surface area (Å²) in [4.78, 5) is 0. The fraction of sp³-hybridized carbons (Fsp3) is 0.400. The molecule has 0 bridgehead atoms. The monoisotopic (exact) mass is 217 g/mol. The maximum Gasteiger partial charge on any atom is 0.0424 e. The standard InChI is InChI=1S/C10H13Cl2N/c1-7(2)13-6-8-3-9(11)5-10(12)4-8/h3-5,7,13H,6H2,1-2H3. The van der Waals surface area contributed by atoms with Gasteiger partial charge in [-0.2, -0.15) is 0 Å². The van der Waals surface area contributed by atoms with Crippen molar-refractivity contribution in [2.24, 2.45) is 0 Å². The topological polar surface area (TPSA) is 12.0 Å². The first kappa shape index (κ1) is 10.8. The van der Waals surface area contributed by atoms with Gasteiger partial charge >= 0.3 is 0 Å². The number of hydrogen-bond donors (Lipinski definition) is 1. The number of rotatable bonds is 3. The van der Waals surface area contributed by atoms with Gasteiger partial charge in [0.05, 0.1) is 0 Å². The van der Waals surface area contributed by atoms with Gasteiger partial charge in [0.2, 0.25) is 0 Å². The van der Waals surface area contributed by atoms with Crippen molar-refractivity contribution in [1.82, 2.24) is 5.32 Å². The quantitative estimate of drug-likeness (QED) is 0.818. The lowest BCUT2D eigenvalue weighted by atomic mass is 10.2. The molecule has 1 nitrogen and oxygen atoms in total. The molecule has 0 amide bonds. The third-order valence-electron chi connectivity index (χ3n) is 1.64. The van der Waals surface area contributed by atoms with E-state index in [1.54, 1.807) is 6.07 Å². The fourth-order valence-electron chi connectivity index (χ4n) is 1.03. The van der Waals surface area contributed by atoms with Gasteiger partial charge in [-0.1, -0.05) is 37.0 Å². The summed E-state index contributed by atoms with van der Waals surface area (Å²) < 4.78 is 0. The molecule has 13 heavy (non-hydrogen) atoms. The highest BCUT2D eigenvalue weighted by Crippen LogP contribution is 2.18. The molecule has 72 valence electrons. The van der Waals surface area contributed by atoms with Crippen LogP contribution in [0.3, 0.4) is 0 Å².